The molecule has 11 heavy (non-hydrogen) atoms. The summed E-state index contributed by atoms with van der Waals surface area (Å²) in [6.07, 6.45) is 7.18. The fraction of sp³-hybridized carbons (Fsp3) is 0.0909. The van der Waals surface area contributed by atoms with Crippen molar-refractivity contribution in [3.63, 3.8) is 0 Å². The molecule has 1 atom stereocenters. The molecule has 1 aromatic carbocycles. The van der Waals surface area contributed by atoms with Crippen LogP contribution in [0.15, 0.2) is 36.9 Å². The van der Waals surface area contributed by atoms with E-state index in [1.54, 1.807) is 0 Å². The summed E-state index contributed by atoms with van der Waals surface area (Å²) in [4.78, 5) is 0. The highest BCUT2D eigenvalue weighted by molar-refractivity contribution is 5.61. The van der Waals surface area contributed by atoms with Crippen molar-refractivity contribution in [2.24, 2.45) is 0 Å². The molecule has 0 amide bonds. The molecule has 0 aromatic heterocycles. The summed E-state index contributed by atoms with van der Waals surface area (Å²) >= 11 is 0. The molecule has 0 aliphatic heterocycles. The molecule has 0 heterocycles. The molecule has 1 aliphatic rings. The maximum absolute atomic E-state index is 3.76. The van der Waals surface area contributed by atoms with E-state index in [0.29, 0.717) is 5.92 Å². The summed E-state index contributed by atoms with van der Waals surface area (Å²) in [5.74, 6) is 0.311. The van der Waals surface area contributed by atoms with Crippen molar-refractivity contribution in [1.82, 2.24) is 0 Å². The maximum Gasteiger partial charge on any atom is 0.0276 e. The lowest BCUT2D eigenvalue weighted by Crippen LogP contribution is -1.86. The summed E-state index contributed by atoms with van der Waals surface area (Å²) in [6, 6.07) is 8.32. The van der Waals surface area contributed by atoms with E-state index in [4.69, 9.17) is 0 Å². The van der Waals surface area contributed by atoms with Gasteiger partial charge in [-0.25, -0.2) is 0 Å². The second-order valence-electron chi connectivity index (χ2n) is 2.65. The minimum absolute atomic E-state index is 0.311. The smallest absolute Gasteiger partial charge is 0.0276 e. The van der Waals surface area contributed by atoms with Crippen LogP contribution in [-0.2, 0) is 0 Å². The molecule has 53 valence electrons. The summed E-state index contributed by atoms with van der Waals surface area (Å²) < 4.78 is 0. The molecule has 0 saturated heterocycles. The molecule has 0 nitrogen and oxygen atoms in total. The summed E-state index contributed by atoms with van der Waals surface area (Å²) in [5, 5.41) is 0. The Bertz CT molecular complexity index is 308. The lowest BCUT2D eigenvalue weighted by Gasteiger charge is -2.02. The first-order valence-corrected chi connectivity index (χ1v) is 3.72. The third kappa shape index (κ3) is 0.911. The van der Waals surface area contributed by atoms with Gasteiger partial charge < -0.3 is 0 Å². The normalized spacial score (nSPS) is 19.8. The van der Waals surface area contributed by atoms with Gasteiger partial charge in [0, 0.05) is 5.92 Å². The predicted molar refractivity (Wildman–Crippen MR) is 47.1 cm³/mol. The highest BCUT2D eigenvalue weighted by Crippen LogP contribution is 2.29. The third-order valence-corrected chi connectivity index (χ3v) is 1.99. The van der Waals surface area contributed by atoms with Gasteiger partial charge in [-0.05, 0) is 17.2 Å². The van der Waals surface area contributed by atoms with Crippen molar-refractivity contribution in [3.8, 4) is 0 Å². The van der Waals surface area contributed by atoms with E-state index in [9.17, 15) is 0 Å². The average Bonchev–Trinajstić information content (AvgIpc) is 2.47. The van der Waals surface area contributed by atoms with E-state index in [2.05, 4.69) is 30.9 Å². The number of hydrogen-bond donors (Lipinski definition) is 0. The molecule has 1 aromatic rings. The molecule has 1 aliphatic carbocycles. The minimum Gasteiger partial charge on any atom is -0.102 e. The van der Waals surface area contributed by atoms with Gasteiger partial charge >= 0.3 is 0 Å². The van der Waals surface area contributed by atoms with E-state index in [1.807, 2.05) is 18.2 Å². The maximum atomic E-state index is 3.76. The molecule has 0 fully saturated rings. The van der Waals surface area contributed by atoms with Crippen LogP contribution in [0.1, 0.15) is 17.0 Å². The van der Waals surface area contributed by atoms with Crippen LogP contribution in [-0.4, -0.2) is 0 Å². The number of hydrogen-bond acceptors (Lipinski definition) is 0. The molecule has 0 spiro atoms. The van der Waals surface area contributed by atoms with Gasteiger partial charge in [-0.15, -0.1) is 6.58 Å². The topological polar surface area (TPSA) is 0 Å². The average molecular weight is 141 g/mol. The molecule has 0 bridgehead atoms. The number of benzene rings is 1. The monoisotopic (exact) mass is 141 g/mol. The van der Waals surface area contributed by atoms with E-state index < -0.39 is 0 Å². The van der Waals surface area contributed by atoms with Crippen LogP contribution < -0.4 is 0 Å². The van der Waals surface area contributed by atoms with Crippen molar-refractivity contribution < 1.29 is 0 Å². The summed E-state index contributed by atoms with van der Waals surface area (Å²) in [6.45, 7) is 3.76. The lowest BCUT2D eigenvalue weighted by atomic mass is 10.0. The Morgan fingerprint density at radius 3 is 3.00 bits per heavy atom. The van der Waals surface area contributed by atoms with Crippen molar-refractivity contribution in [2.75, 3.05) is 0 Å². The molecule has 1 radical (unpaired) electrons. The first kappa shape index (κ1) is 6.41. The Hall–Kier alpha value is -1.30. The molecule has 0 saturated carbocycles. The third-order valence-electron chi connectivity index (χ3n) is 1.99. The second kappa shape index (κ2) is 2.39. The van der Waals surface area contributed by atoms with Gasteiger partial charge in [-0.2, -0.15) is 0 Å². The quantitative estimate of drug-likeness (QED) is 0.527. The van der Waals surface area contributed by atoms with Gasteiger partial charge in [0.1, 0.15) is 0 Å². The largest absolute Gasteiger partial charge is 0.102 e. The van der Waals surface area contributed by atoms with Gasteiger partial charge in [-0.3, -0.25) is 0 Å². The Morgan fingerprint density at radius 2 is 2.18 bits per heavy atom. The number of fused-ring (bicyclic) bond motifs is 1. The highest BCUT2D eigenvalue weighted by atomic mass is 14.2. The molecule has 2 rings (SSSR count). The van der Waals surface area contributed by atoms with Crippen LogP contribution in [0, 0.1) is 6.08 Å². The van der Waals surface area contributed by atoms with E-state index in [0.717, 1.165) is 0 Å². The fourth-order valence-corrected chi connectivity index (χ4v) is 1.39. The van der Waals surface area contributed by atoms with Gasteiger partial charge in [0.15, 0.2) is 0 Å². The van der Waals surface area contributed by atoms with Crippen LogP contribution in [0.2, 0.25) is 0 Å². The Kier molecular flexibility index (Phi) is 1.39. The number of allylic oxidation sites excluding steroid dienone is 2. The van der Waals surface area contributed by atoms with Crippen LogP contribution >= 0.6 is 0 Å². The zero-order chi connectivity index (χ0) is 7.68. The lowest BCUT2D eigenvalue weighted by molar-refractivity contribution is 1.09. The van der Waals surface area contributed by atoms with Gasteiger partial charge in [0.05, 0.1) is 0 Å². The second-order valence-corrected chi connectivity index (χ2v) is 2.65. The molecule has 0 heteroatoms. The van der Waals surface area contributed by atoms with Gasteiger partial charge in [0.2, 0.25) is 0 Å². The van der Waals surface area contributed by atoms with Crippen LogP contribution in [0.25, 0.3) is 6.08 Å². The molecular weight excluding hydrogens is 132 g/mol. The minimum atomic E-state index is 0.311. The van der Waals surface area contributed by atoms with Gasteiger partial charge in [0.25, 0.3) is 0 Å². The van der Waals surface area contributed by atoms with Crippen molar-refractivity contribution >= 4 is 6.08 Å². The van der Waals surface area contributed by atoms with Crippen LogP contribution in [0.4, 0.5) is 0 Å². The molecule has 0 N–H and O–H groups in total. The van der Waals surface area contributed by atoms with E-state index in [-0.39, 0.29) is 0 Å². The van der Waals surface area contributed by atoms with Crippen molar-refractivity contribution in [3.05, 3.63) is 54.1 Å². The summed E-state index contributed by atoms with van der Waals surface area (Å²) in [7, 11) is 0. The van der Waals surface area contributed by atoms with E-state index >= 15 is 0 Å². The number of rotatable bonds is 1. The Labute approximate surface area is 66.9 Å². The summed E-state index contributed by atoms with van der Waals surface area (Å²) in [5.41, 5.74) is 2.60. The zero-order valence-electron chi connectivity index (χ0n) is 6.25. The van der Waals surface area contributed by atoms with Gasteiger partial charge in [-0.1, -0.05) is 36.4 Å². The van der Waals surface area contributed by atoms with E-state index in [1.165, 1.54) is 11.1 Å². The first-order chi connectivity index (χ1) is 5.42. The Balaban J connectivity index is 2.53. The zero-order valence-corrected chi connectivity index (χ0v) is 6.25. The van der Waals surface area contributed by atoms with Crippen LogP contribution in [0.5, 0.6) is 0 Å². The molecule has 1 unspecified atom stereocenters. The highest BCUT2D eigenvalue weighted by Gasteiger charge is 2.12. The Morgan fingerprint density at radius 1 is 1.36 bits per heavy atom. The van der Waals surface area contributed by atoms with Crippen LogP contribution in [0.3, 0.4) is 0 Å². The van der Waals surface area contributed by atoms with Crippen molar-refractivity contribution in [1.29, 1.82) is 0 Å². The SMILES string of the molecule is C=CC1[C]=Cc2ccccc21. The van der Waals surface area contributed by atoms with Crippen molar-refractivity contribution in [2.45, 2.75) is 5.92 Å². The predicted octanol–water partition coefficient (Wildman–Crippen LogP) is 2.79. The molecular formula is C11H9. The standard InChI is InChI=1S/C11H9/c1-2-9-7-8-10-5-3-4-6-11(9)10/h2-6,8-9H,1H2. The fourth-order valence-electron chi connectivity index (χ4n) is 1.39. The first-order valence-electron chi connectivity index (χ1n) is 3.72.